The molecule has 0 aromatic heterocycles. The third kappa shape index (κ3) is 3.21. The van der Waals surface area contributed by atoms with Crippen LogP contribution in [0.25, 0.3) is 0 Å². The van der Waals surface area contributed by atoms with Crippen LogP contribution in [0.2, 0.25) is 0 Å². The summed E-state index contributed by atoms with van der Waals surface area (Å²) in [7, 11) is 0. The van der Waals surface area contributed by atoms with Gasteiger partial charge in [0.05, 0.1) is 0 Å². The summed E-state index contributed by atoms with van der Waals surface area (Å²) in [6.45, 7) is 2.37. The first-order valence-electron chi connectivity index (χ1n) is 10.00. The first-order chi connectivity index (χ1) is 11.2. The SMILES string of the molecule is CCC1CCC2CC(C3CCc4cc(F)ccc4C3)CCC2C1. The minimum atomic E-state index is -0.0598. The van der Waals surface area contributed by atoms with Gasteiger partial charge in [-0.25, -0.2) is 4.39 Å². The summed E-state index contributed by atoms with van der Waals surface area (Å²) in [5.41, 5.74) is 2.71. The summed E-state index contributed by atoms with van der Waals surface area (Å²) < 4.78 is 13.4. The second kappa shape index (κ2) is 6.57. The van der Waals surface area contributed by atoms with E-state index in [0.717, 1.165) is 36.0 Å². The third-order valence-corrected chi connectivity index (χ3v) is 7.44. The zero-order valence-electron chi connectivity index (χ0n) is 14.6. The summed E-state index contributed by atoms with van der Waals surface area (Å²) in [4.78, 5) is 0. The molecule has 0 saturated heterocycles. The van der Waals surface area contributed by atoms with Crippen LogP contribution in [0.1, 0.15) is 69.4 Å². The van der Waals surface area contributed by atoms with Crippen LogP contribution in [0.15, 0.2) is 18.2 Å². The molecule has 3 aliphatic carbocycles. The van der Waals surface area contributed by atoms with Crippen LogP contribution >= 0.6 is 0 Å². The van der Waals surface area contributed by atoms with E-state index in [1.807, 2.05) is 0 Å². The average molecular weight is 314 g/mol. The molecule has 1 heteroatoms. The topological polar surface area (TPSA) is 0 Å². The Morgan fingerprint density at radius 1 is 0.870 bits per heavy atom. The molecule has 0 nitrogen and oxygen atoms in total. The molecule has 0 bridgehead atoms. The van der Waals surface area contributed by atoms with Gasteiger partial charge in [-0.1, -0.05) is 25.8 Å². The second-order valence-electron chi connectivity index (χ2n) is 8.60. The van der Waals surface area contributed by atoms with Gasteiger partial charge >= 0.3 is 0 Å². The zero-order valence-corrected chi connectivity index (χ0v) is 14.6. The van der Waals surface area contributed by atoms with Crippen molar-refractivity contribution in [2.24, 2.45) is 29.6 Å². The molecule has 0 aliphatic heterocycles. The van der Waals surface area contributed by atoms with Gasteiger partial charge < -0.3 is 0 Å². The molecule has 3 aliphatic rings. The quantitative estimate of drug-likeness (QED) is 0.612. The Morgan fingerprint density at radius 3 is 2.43 bits per heavy atom. The van der Waals surface area contributed by atoms with Crippen molar-refractivity contribution in [3.8, 4) is 0 Å². The predicted molar refractivity (Wildman–Crippen MR) is 93.9 cm³/mol. The number of hydrogen-bond acceptors (Lipinski definition) is 0. The lowest BCUT2D eigenvalue weighted by molar-refractivity contribution is 0.0708. The van der Waals surface area contributed by atoms with Gasteiger partial charge in [-0.15, -0.1) is 0 Å². The molecular formula is C22H31F. The van der Waals surface area contributed by atoms with Crippen molar-refractivity contribution < 1.29 is 4.39 Å². The van der Waals surface area contributed by atoms with Gasteiger partial charge in [0, 0.05) is 0 Å². The van der Waals surface area contributed by atoms with Crippen molar-refractivity contribution in [1.82, 2.24) is 0 Å². The largest absolute Gasteiger partial charge is 0.207 e. The summed E-state index contributed by atoms with van der Waals surface area (Å²) in [5, 5.41) is 0. The number of aryl methyl sites for hydroxylation is 1. The first kappa shape index (κ1) is 15.7. The maximum atomic E-state index is 13.4. The van der Waals surface area contributed by atoms with Crippen molar-refractivity contribution >= 4 is 0 Å². The minimum Gasteiger partial charge on any atom is -0.207 e. The Balaban J connectivity index is 1.40. The van der Waals surface area contributed by atoms with Gasteiger partial charge in [0.15, 0.2) is 0 Å². The van der Waals surface area contributed by atoms with Crippen molar-refractivity contribution in [2.75, 3.05) is 0 Å². The number of fused-ring (bicyclic) bond motifs is 2. The Kier molecular flexibility index (Phi) is 4.48. The maximum Gasteiger partial charge on any atom is 0.123 e. The van der Waals surface area contributed by atoms with E-state index >= 15 is 0 Å². The fourth-order valence-corrected chi connectivity index (χ4v) is 5.98. The van der Waals surface area contributed by atoms with E-state index in [0.29, 0.717) is 0 Å². The smallest absolute Gasteiger partial charge is 0.123 e. The lowest BCUT2D eigenvalue weighted by atomic mass is 9.61. The monoisotopic (exact) mass is 314 g/mol. The molecule has 0 spiro atoms. The van der Waals surface area contributed by atoms with E-state index < -0.39 is 0 Å². The lowest BCUT2D eigenvalue weighted by Crippen LogP contribution is -2.35. The third-order valence-electron chi connectivity index (χ3n) is 7.44. The Morgan fingerprint density at radius 2 is 1.61 bits per heavy atom. The van der Waals surface area contributed by atoms with Gasteiger partial charge in [0.25, 0.3) is 0 Å². The molecule has 0 N–H and O–H groups in total. The van der Waals surface area contributed by atoms with E-state index in [2.05, 4.69) is 13.0 Å². The van der Waals surface area contributed by atoms with Crippen molar-refractivity contribution in [3.05, 3.63) is 35.1 Å². The maximum absolute atomic E-state index is 13.4. The van der Waals surface area contributed by atoms with Crippen LogP contribution in [-0.4, -0.2) is 0 Å². The van der Waals surface area contributed by atoms with Crippen LogP contribution in [0.5, 0.6) is 0 Å². The standard InChI is InChI=1S/C22H31F/c1-2-15-3-4-17-12-18(6-5-16(17)11-15)19-7-8-21-14-22(23)10-9-20(21)13-19/h9-10,14-19H,2-8,11-13H2,1H3. The predicted octanol–water partition coefficient (Wildman–Crippen LogP) is 6.17. The Hall–Kier alpha value is -0.850. The summed E-state index contributed by atoms with van der Waals surface area (Å²) in [6, 6.07) is 5.48. The van der Waals surface area contributed by atoms with E-state index in [1.54, 1.807) is 12.1 Å². The molecule has 0 amide bonds. The number of halogens is 1. The fourth-order valence-electron chi connectivity index (χ4n) is 5.98. The molecule has 5 unspecified atom stereocenters. The van der Waals surface area contributed by atoms with Gasteiger partial charge in [0.1, 0.15) is 5.82 Å². The number of benzene rings is 1. The minimum absolute atomic E-state index is 0.0598. The van der Waals surface area contributed by atoms with Crippen molar-refractivity contribution in [1.29, 1.82) is 0 Å². The van der Waals surface area contributed by atoms with Crippen LogP contribution in [0, 0.1) is 35.4 Å². The number of hydrogen-bond donors (Lipinski definition) is 0. The summed E-state index contributed by atoms with van der Waals surface area (Å²) in [5.74, 6) is 4.81. The van der Waals surface area contributed by atoms with Crippen molar-refractivity contribution in [2.45, 2.75) is 71.1 Å². The highest BCUT2D eigenvalue weighted by atomic mass is 19.1. The van der Waals surface area contributed by atoms with Gasteiger partial charge in [0.2, 0.25) is 0 Å². The summed E-state index contributed by atoms with van der Waals surface area (Å²) in [6.07, 6.45) is 13.9. The van der Waals surface area contributed by atoms with Crippen molar-refractivity contribution in [3.63, 3.8) is 0 Å². The molecule has 23 heavy (non-hydrogen) atoms. The van der Waals surface area contributed by atoms with E-state index in [-0.39, 0.29) is 5.82 Å². The molecule has 126 valence electrons. The van der Waals surface area contributed by atoms with Gasteiger partial charge in [-0.2, -0.15) is 0 Å². The van der Waals surface area contributed by atoms with Gasteiger partial charge in [-0.3, -0.25) is 0 Å². The zero-order chi connectivity index (χ0) is 15.8. The van der Waals surface area contributed by atoms with Crippen LogP contribution in [0.3, 0.4) is 0 Å². The second-order valence-corrected chi connectivity index (χ2v) is 8.60. The Labute approximate surface area is 140 Å². The van der Waals surface area contributed by atoms with Crippen LogP contribution in [-0.2, 0) is 12.8 Å². The lowest BCUT2D eigenvalue weighted by Gasteiger charge is -2.45. The molecule has 2 fully saturated rings. The molecule has 4 rings (SSSR count). The van der Waals surface area contributed by atoms with E-state index in [1.165, 1.54) is 68.9 Å². The molecule has 0 heterocycles. The highest BCUT2D eigenvalue weighted by molar-refractivity contribution is 5.30. The fraction of sp³-hybridized carbons (Fsp3) is 0.727. The van der Waals surface area contributed by atoms with Gasteiger partial charge in [-0.05, 0) is 104 Å². The van der Waals surface area contributed by atoms with E-state index in [9.17, 15) is 4.39 Å². The van der Waals surface area contributed by atoms with E-state index in [4.69, 9.17) is 0 Å². The van der Waals surface area contributed by atoms with Crippen LogP contribution in [0.4, 0.5) is 4.39 Å². The number of rotatable bonds is 2. The normalized spacial score (nSPS) is 37.0. The molecule has 0 radical (unpaired) electrons. The molecule has 1 aromatic carbocycles. The average Bonchev–Trinajstić information content (AvgIpc) is 2.60. The van der Waals surface area contributed by atoms with Crippen LogP contribution < -0.4 is 0 Å². The Bertz CT molecular complexity index is 549. The first-order valence-corrected chi connectivity index (χ1v) is 10.00. The molecule has 2 saturated carbocycles. The molecule has 1 aromatic rings. The molecule has 5 atom stereocenters. The highest BCUT2D eigenvalue weighted by Crippen LogP contribution is 2.48. The highest BCUT2D eigenvalue weighted by Gasteiger charge is 2.38. The summed E-state index contributed by atoms with van der Waals surface area (Å²) >= 11 is 0. The molecular weight excluding hydrogens is 283 g/mol.